The quantitative estimate of drug-likeness (QED) is 0.383. The zero-order valence-electron chi connectivity index (χ0n) is 5.93. The Labute approximate surface area is 69.2 Å². The van der Waals surface area contributed by atoms with Crippen LogP contribution in [0.2, 0.25) is 0 Å². The van der Waals surface area contributed by atoms with E-state index in [0.717, 1.165) is 17.4 Å². The van der Waals surface area contributed by atoms with E-state index < -0.39 is 0 Å². The molecular weight excluding hydrogens is 160 g/mol. The molecule has 4 heteroatoms. The molecule has 1 fully saturated rings. The molecule has 0 saturated carbocycles. The minimum absolute atomic E-state index is 0.468. The van der Waals surface area contributed by atoms with Gasteiger partial charge in [0, 0.05) is 11.9 Å². The average Bonchev–Trinajstić information content (AvgIpc) is 2.86. The Morgan fingerprint density at radius 2 is 2.64 bits per heavy atom. The van der Waals surface area contributed by atoms with Gasteiger partial charge in [0.25, 0.3) is 0 Å². The molecule has 1 saturated heterocycles. The first kappa shape index (κ1) is 7.06. The Kier molecular flexibility index (Phi) is 2.05. The number of thioether (sulfide) groups is 1. The van der Waals surface area contributed by atoms with Crippen LogP contribution in [0, 0.1) is 0 Å². The van der Waals surface area contributed by atoms with Crippen molar-refractivity contribution >= 4 is 11.8 Å². The first-order valence-corrected chi connectivity index (χ1v) is 4.44. The van der Waals surface area contributed by atoms with Crippen molar-refractivity contribution in [1.82, 2.24) is 9.97 Å². The van der Waals surface area contributed by atoms with Crippen LogP contribution in [0.4, 0.5) is 0 Å². The molecule has 0 aliphatic carbocycles. The normalized spacial score (nSPS) is 21.6. The van der Waals surface area contributed by atoms with Crippen LogP contribution in [0.5, 0.6) is 0 Å². The van der Waals surface area contributed by atoms with Gasteiger partial charge >= 0.3 is 0 Å². The van der Waals surface area contributed by atoms with E-state index in [0.29, 0.717) is 6.10 Å². The van der Waals surface area contributed by atoms with Gasteiger partial charge in [-0.25, -0.2) is 9.97 Å². The molecule has 11 heavy (non-hydrogen) atoms. The summed E-state index contributed by atoms with van der Waals surface area (Å²) in [4.78, 5) is 7.91. The SMILES string of the molecule is c1cc(SCC2CO2)ncn1. The summed E-state index contributed by atoms with van der Waals surface area (Å²) in [7, 11) is 0. The molecule has 0 N–H and O–H groups in total. The van der Waals surface area contributed by atoms with E-state index in [1.54, 1.807) is 24.3 Å². The summed E-state index contributed by atoms with van der Waals surface area (Å²) in [5, 5.41) is 1.02. The minimum atomic E-state index is 0.468. The fourth-order valence-corrected chi connectivity index (χ4v) is 1.53. The van der Waals surface area contributed by atoms with Crippen LogP contribution in [0.15, 0.2) is 23.6 Å². The summed E-state index contributed by atoms with van der Waals surface area (Å²) >= 11 is 1.71. The van der Waals surface area contributed by atoms with Crippen molar-refractivity contribution in [2.75, 3.05) is 12.4 Å². The third-order valence-corrected chi connectivity index (χ3v) is 2.45. The standard InChI is InChI=1S/C7H8N2OS/c1-2-8-5-9-7(1)11-4-6-3-10-6/h1-2,5-6H,3-4H2. The molecular formula is C7H8N2OS. The number of nitrogens with zero attached hydrogens (tertiary/aromatic N) is 2. The molecule has 3 nitrogen and oxygen atoms in total. The van der Waals surface area contributed by atoms with Gasteiger partial charge in [-0.1, -0.05) is 0 Å². The van der Waals surface area contributed by atoms with Crippen LogP contribution in [0.3, 0.4) is 0 Å². The Hall–Kier alpha value is -0.610. The Morgan fingerprint density at radius 3 is 3.27 bits per heavy atom. The molecule has 2 rings (SSSR count). The van der Waals surface area contributed by atoms with Crippen molar-refractivity contribution in [2.24, 2.45) is 0 Å². The zero-order chi connectivity index (χ0) is 7.52. The van der Waals surface area contributed by atoms with Crippen LogP contribution >= 0.6 is 11.8 Å². The predicted octanol–water partition coefficient (Wildman–Crippen LogP) is 0.967. The van der Waals surface area contributed by atoms with Crippen molar-refractivity contribution in [1.29, 1.82) is 0 Å². The first-order chi connectivity index (χ1) is 5.45. The maximum absolute atomic E-state index is 5.07. The first-order valence-electron chi connectivity index (χ1n) is 3.45. The number of hydrogen-bond donors (Lipinski definition) is 0. The fourth-order valence-electron chi connectivity index (χ4n) is 0.707. The number of hydrogen-bond acceptors (Lipinski definition) is 4. The second-order valence-electron chi connectivity index (χ2n) is 2.31. The van der Waals surface area contributed by atoms with Crippen LogP contribution in [0.25, 0.3) is 0 Å². The molecule has 0 amide bonds. The highest BCUT2D eigenvalue weighted by molar-refractivity contribution is 7.99. The topological polar surface area (TPSA) is 38.3 Å². The molecule has 1 atom stereocenters. The van der Waals surface area contributed by atoms with Crippen LogP contribution in [0.1, 0.15) is 0 Å². The summed E-state index contributed by atoms with van der Waals surface area (Å²) in [6, 6.07) is 1.91. The average molecular weight is 168 g/mol. The summed E-state index contributed by atoms with van der Waals surface area (Å²) < 4.78 is 5.07. The monoisotopic (exact) mass is 168 g/mol. The summed E-state index contributed by atoms with van der Waals surface area (Å²) in [6.07, 6.45) is 3.79. The third-order valence-electron chi connectivity index (χ3n) is 1.37. The number of rotatable bonds is 3. The van der Waals surface area contributed by atoms with Crippen molar-refractivity contribution in [3.63, 3.8) is 0 Å². The molecule has 1 aromatic rings. The van der Waals surface area contributed by atoms with Gasteiger partial charge in [-0.05, 0) is 6.07 Å². The molecule has 0 aromatic carbocycles. The van der Waals surface area contributed by atoms with Gasteiger partial charge in [-0.3, -0.25) is 0 Å². The molecule has 58 valence electrons. The highest BCUT2D eigenvalue weighted by atomic mass is 32.2. The van der Waals surface area contributed by atoms with E-state index in [1.165, 1.54) is 0 Å². The second-order valence-corrected chi connectivity index (χ2v) is 3.35. The van der Waals surface area contributed by atoms with Gasteiger partial charge in [0.2, 0.25) is 0 Å². The lowest BCUT2D eigenvalue weighted by molar-refractivity contribution is 0.426. The van der Waals surface area contributed by atoms with Gasteiger partial charge < -0.3 is 4.74 Å². The lowest BCUT2D eigenvalue weighted by atomic mass is 10.6. The van der Waals surface area contributed by atoms with E-state index in [9.17, 15) is 0 Å². The Balaban J connectivity index is 1.85. The Bertz CT molecular complexity index is 225. The van der Waals surface area contributed by atoms with Gasteiger partial charge in [0.05, 0.1) is 17.7 Å². The van der Waals surface area contributed by atoms with Crippen LogP contribution in [-0.4, -0.2) is 28.4 Å². The predicted molar refractivity (Wildman–Crippen MR) is 42.5 cm³/mol. The molecule has 1 aromatic heterocycles. The third kappa shape index (κ3) is 2.17. The van der Waals surface area contributed by atoms with E-state index in [4.69, 9.17) is 4.74 Å². The molecule has 1 aliphatic heterocycles. The fraction of sp³-hybridized carbons (Fsp3) is 0.429. The number of ether oxygens (including phenoxy) is 1. The summed E-state index contributed by atoms with van der Waals surface area (Å²) in [6.45, 7) is 0.915. The van der Waals surface area contributed by atoms with Crippen molar-refractivity contribution in [3.8, 4) is 0 Å². The molecule has 1 unspecified atom stereocenters. The highest BCUT2D eigenvalue weighted by Crippen LogP contribution is 2.21. The summed E-state index contributed by atoms with van der Waals surface area (Å²) in [5.74, 6) is 1.01. The second kappa shape index (κ2) is 3.19. The lowest BCUT2D eigenvalue weighted by Crippen LogP contribution is -1.89. The van der Waals surface area contributed by atoms with E-state index in [-0.39, 0.29) is 0 Å². The van der Waals surface area contributed by atoms with Gasteiger partial charge in [0.1, 0.15) is 6.33 Å². The molecule has 1 aliphatic rings. The maximum Gasteiger partial charge on any atom is 0.116 e. The maximum atomic E-state index is 5.07. The smallest absolute Gasteiger partial charge is 0.116 e. The van der Waals surface area contributed by atoms with E-state index >= 15 is 0 Å². The number of epoxide rings is 1. The van der Waals surface area contributed by atoms with E-state index in [1.807, 2.05) is 6.07 Å². The molecule has 0 radical (unpaired) electrons. The highest BCUT2D eigenvalue weighted by Gasteiger charge is 2.22. The van der Waals surface area contributed by atoms with Gasteiger partial charge in [-0.2, -0.15) is 0 Å². The molecule has 0 bridgehead atoms. The van der Waals surface area contributed by atoms with Gasteiger partial charge in [0.15, 0.2) is 0 Å². The van der Waals surface area contributed by atoms with Crippen LogP contribution in [-0.2, 0) is 4.74 Å². The van der Waals surface area contributed by atoms with E-state index in [2.05, 4.69) is 9.97 Å². The zero-order valence-corrected chi connectivity index (χ0v) is 6.75. The van der Waals surface area contributed by atoms with Gasteiger partial charge in [-0.15, -0.1) is 11.8 Å². The molecule has 2 heterocycles. The lowest BCUT2D eigenvalue weighted by Gasteiger charge is -1.94. The van der Waals surface area contributed by atoms with Crippen molar-refractivity contribution in [2.45, 2.75) is 11.1 Å². The van der Waals surface area contributed by atoms with Crippen molar-refractivity contribution in [3.05, 3.63) is 18.6 Å². The van der Waals surface area contributed by atoms with Crippen LogP contribution < -0.4 is 0 Å². The molecule has 0 spiro atoms. The summed E-state index contributed by atoms with van der Waals surface area (Å²) in [5.41, 5.74) is 0. The Morgan fingerprint density at radius 1 is 1.73 bits per heavy atom. The minimum Gasteiger partial charge on any atom is -0.372 e. The van der Waals surface area contributed by atoms with Crippen molar-refractivity contribution < 1.29 is 4.74 Å². The number of aromatic nitrogens is 2. The largest absolute Gasteiger partial charge is 0.372 e.